The number of benzene rings is 4. The van der Waals surface area contributed by atoms with Crippen molar-refractivity contribution in [2.24, 2.45) is 7.05 Å². The van der Waals surface area contributed by atoms with Crippen LogP contribution in [-0.2, 0) is 7.05 Å². The van der Waals surface area contributed by atoms with Gasteiger partial charge in [0.2, 0.25) is 0 Å². The van der Waals surface area contributed by atoms with Crippen molar-refractivity contribution in [2.75, 3.05) is 0 Å². The minimum atomic E-state index is 0.150. The van der Waals surface area contributed by atoms with Crippen molar-refractivity contribution in [1.82, 2.24) is 4.57 Å². The second kappa shape index (κ2) is 5.58. The van der Waals surface area contributed by atoms with Crippen molar-refractivity contribution in [2.45, 2.75) is 3.74 Å². The SMILES string of the molecule is Cn1c(C(Br)Br)cc2c3ccc4cc5ccccc5cc4c3ccc21. The van der Waals surface area contributed by atoms with Crippen LogP contribution in [0.25, 0.3) is 43.2 Å². The van der Waals surface area contributed by atoms with E-state index in [9.17, 15) is 0 Å². The fourth-order valence-electron chi connectivity index (χ4n) is 3.88. The molecule has 0 amide bonds. The fourth-order valence-corrected chi connectivity index (χ4v) is 4.76. The van der Waals surface area contributed by atoms with Crippen molar-refractivity contribution in [3.63, 3.8) is 0 Å². The van der Waals surface area contributed by atoms with Gasteiger partial charge in [-0.15, -0.1) is 0 Å². The number of aromatic nitrogens is 1. The topological polar surface area (TPSA) is 4.93 Å². The van der Waals surface area contributed by atoms with Crippen molar-refractivity contribution < 1.29 is 0 Å². The molecular formula is C22H15Br2N. The van der Waals surface area contributed by atoms with E-state index in [2.05, 4.69) is 110 Å². The molecule has 0 aliphatic rings. The molecule has 1 aromatic heterocycles. The summed E-state index contributed by atoms with van der Waals surface area (Å²) in [6.07, 6.45) is 0. The maximum atomic E-state index is 3.64. The number of hydrogen-bond acceptors (Lipinski definition) is 0. The monoisotopic (exact) mass is 451 g/mol. The van der Waals surface area contributed by atoms with E-state index in [-0.39, 0.29) is 3.74 Å². The van der Waals surface area contributed by atoms with Gasteiger partial charge in [0.25, 0.3) is 0 Å². The molecule has 5 rings (SSSR count). The first-order valence-electron chi connectivity index (χ1n) is 8.25. The van der Waals surface area contributed by atoms with Gasteiger partial charge >= 0.3 is 0 Å². The average Bonchev–Trinajstić information content (AvgIpc) is 2.97. The molecule has 4 aromatic carbocycles. The lowest BCUT2D eigenvalue weighted by molar-refractivity contribution is 0.911. The Hall–Kier alpha value is -1.84. The predicted octanol–water partition coefficient (Wildman–Crippen LogP) is 7.43. The molecule has 0 bridgehead atoms. The van der Waals surface area contributed by atoms with Gasteiger partial charge in [0.15, 0.2) is 0 Å². The Kier molecular flexibility index (Phi) is 3.44. The molecule has 1 nitrogen and oxygen atoms in total. The molecule has 3 heteroatoms. The lowest BCUT2D eigenvalue weighted by Crippen LogP contribution is -1.93. The average molecular weight is 453 g/mol. The van der Waals surface area contributed by atoms with Crippen LogP contribution in [0.5, 0.6) is 0 Å². The molecule has 0 saturated carbocycles. The Bertz CT molecular complexity index is 1280. The van der Waals surface area contributed by atoms with Gasteiger partial charge in [0.1, 0.15) is 3.74 Å². The number of hydrogen-bond donors (Lipinski definition) is 0. The summed E-state index contributed by atoms with van der Waals surface area (Å²) in [5.74, 6) is 0. The number of aryl methyl sites for hydroxylation is 1. The van der Waals surface area contributed by atoms with Crippen LogP contribution in [0.2, 0.25) is 0 Å². The number of alkyl halides is 2. The summed E-state index contributed by atoms with van der Waals surface area (Å²) >= 11 is 7.28. The molecule has 5 aromatic rings. The molecule has 0 saturated heterocycles. The van der Waals surface area contributed by atoms with Gasteiger partial charge in [0.05, 0.1) is 0 Å². The molecule has 0 aliphatic carbocycles. The number of fused-ring (bicyclic) bond motifs is 6. The van der Waals surface area contributed by atoms with Crippen molar-refractivity contribution in [3.8, 4) is 0 Å². The summed E-state index contributed by atoms with van der Waals surface area (Å²) in [7, 11) is 2.12. The van der Waals surface area contributed by atoms with Crippen LogP contribution in [0, 0.1) is 0 Å². The Morgan fingerprint density at radius 1 is 0.680 bits per heavy atom. The van der Waals surface area contributed by atoms with Crippen molar-refractivity contribution in [1.29, 1.82) is 0 Å². The summed E-state index contributed by atoms with van der Waals surface area (Å²) in [4.78, 5) is 0. The third-order valence-corrected chi connectivity index (χ3v) is 6.10. The highest BCUT2D eigenvalue weighted by Gasteiger charge is 2.14. The second-order valence-electron chi connectivity index (χ2n) is 6.51. The van der Waals surface area contributed by atoms with Gasteiger partial charge in [-0.1, -0.05) is 74.3 Å². The fraction of sp³-hybridized carbons (Fsp3) is 0.0909. The minimum Gasteiger partial charge on any atom is -0.346 e. The van der Waals surface area contributed by atoms with Crippen LogP contribution in [0.15, 0.2) is 66.7 Å². The van der Waals surface area contributed by atoms with Crippen LogP contribution >= 0.6 is 31.9 Å². The van der Waals surface area contributed by atoms with E-state index >= 15 is 0 Å². The van der Waals surface area contributed by atoms with Gasteiger partial charge in [0, 0.05) is 23.6 Å². The molecule has 25 heavy (non-hydrogen) atoms. The lowest BCUT2D eigenvalue weighted by Gasteiger charge is -2.08. The maximum Gasteiger partial charge on any atom is 0.110 e. The normalized spacial score (nSPS) is 12.2. The molecule has 0 spiro atoms. The molecule has 0 unspecified atom stereocenters. The van der Waals surface area contributed by atoms with Crippen LogP contribution < -0.4 is 0 Å². The zero-order valence-electron chi connectivity index (χ0n) is 13.6. The summed E-state index contributed by atoms with van der Waals surface area (Å²) in [6.45, 7) is 0. The molecule has 0 radical (unpaired) electrons. The van der Waals surface area contributed by atoms with E-state index in [4.69, 9.17) is 0 Å². The van der Waals surface area contributed by atoms with E-state index in [1.165, 1.54) is 48.9 Å². The van der Waals surface area contributed by atoms with Crippen LogP contribution in [0.1, 0.15) is 9.43 Å². The molecular weight excluding hydrogens is 438 g/mol. The highest BCUT2D eigenvalue weighted by atomic mass is 79.9. The van der Waals surface area contributed by atoms with E-state index in [0.717, 1.165) is 0 Å². The molecule has 1 heterocycles. The summed E-state index contributed by atoms with van der Waals surface area (Å²) in [5.41, 5.74) is 2.48. The molecule has 0 atom stereocenters. The van der Waals surface area contributed by atoms with Crippen LogP contribution in [0.4, 0.5) is 0 Å². The highest BCUT2D eigenvalue weighted by Crippen LogP contribution is 2.38. The van der Waals surface area contributed by atoms with Crippen LogP contribution in [0.3, 0.4) is 0 Å². The third-order valence-electron chi connectivity index (χ3n) is 5.17. The van der Waals surface area contributed by atoms with Crippen molar-refractivity contribution >= 4 is 75.1 Å². The first-order chi connectivity index (χ1) is 12.1. The molecule has 122 valence electrons. The summed E-state index contributed by atoms with van der Waals surface area (Å²) in [5, 5.41) is 9.11. The second-order valence-corrected chi connectivity index (χ2v) is 9.57. The van der Waals surface area contributed by atoms with Crippen molar-refractivity contribution in [3.05, 3.63) is 72.4 Å². The smallest absolute Gasteiger partial charge is 0.110 e. The first-order valence-corrected chi connectivity index (χ1v) is 10.1. The Morgan fingerprint density at radius 3 is 2.12 bits per heavy atom. The highest BCUT2D eigenvalue weighted by molar-refractivity contribution is 9.24. The van der Waals surface area contributed by atoms with Gasteiger partial charge in [-0.3, -0.25) is 0 Å². The first kappa shape index (κ1) is 15.4. The van der Waals surface area contributed by atoms with Crippen LogP contribution in [-0.4, -0.2) is 4.57 Å². The summed E-state index contributed by atoms with van der Waals surface area (Å²) < 4.78 is 2.39. The number of halogens is 2. The van der Waals surface area contributed by atoms with Gasteiger partial charge in [-0.25, -0.2) is 0 Å². The largest absolute Gasteiger partial charge is 0.346 e. The third kappa shape index (κ3) is 2.26. The van der Waals surface area contributed by atoms with Gasteiger partial charge in [-0.2, -0.15) is 0 Å². The minimum absolute atomic E-state index is 0.150. The molecule has 0 aliphatic heterocycles. The zero-order chi connectivity index (χ0) is 17.1. The maximum absolute atomic E-state index is 3.64. The van der Waals surface area contributed by atoms with E-state index in [1.54, 1.807) is 0 Å². The number of nitrogens with zero attached hydrogens (tertiary/aromatic N) is 1. The Labute approximate surface area is 162 Å². The zero-order valence-corrected chi connectivity index (χ0v) is 16.8. The molecule has 0 N–H and O–H groups in total. The van der Waals surface area contributed by atoms with E-state index in [0.29, 0.717) is 0 Å². The quantitative estimate of drug-likeness (QED) is 0.141. The Morgan fingerprint density at radius 2 is 1.36 bits per heavy atom. The standard InChI is InChI=1S/C22H15Br2N/c1-25-20-9-8-16-17(19(20)12-21(25)22(23)24)7-6-15-10-13-4-2-3-5-14(13)11-18(15)16/h2-12,22H,1H3. The van der Waals surface area contributed by atoms with E-state index < -0.39 is 0 Å². The lowest BCUT2D eigenvalue weighted by atomic mass is 9.97. The van der Waals surface area contributed by atoms with E-state index in [1.807, 2.05) is 0 Å². The Balaban J connectivity index is 1.94. The van der Waals surface area contributed by atoms with Gasteiger partial charge < -0.3 is 4.57 Å². The van der Waals surface area contributed by atoms with Gasteiger partial charge in [-0.05, 0) is 56.6 Å². The predicted molar refractivity (Wildman–Crippen MR) is 116 cm³/mol. The summed E-state index contributed by atoms with van der Waals surface area (Å²) in [6, 6.07) is 24.5. The molecule has 0 fully saturated rings. The number of rotatable bonds is 1.